The number of hydrogen-bond acceptors (Lipinski definition) is 3. The van der Waals surface area contributed by atoms with Gasteiger partial charge in [0.2, 0.25) is 0 Å². The molecule has 2 rings (SSSR count). The summed E-state index contributed by atoms with van der Waals surface area (Å²) < 4.78 is 5.51. The van der Waals surface area contributed by atoms with Gasteiger partial charge in [-0.05, 0) is 36.8 Å². The number of pyridine rings is 1. The van der Waals surface area contributed by atoms with Crippen molar-refractivity contribution in [3.8, 4) is 5.75 Å². The lowest BCUT2D eigenvalue weighted by molar-refractivity contribution is 0.317. The van der Waals surface area contributed by atoms with E-state index in [4.69, 9.17) is 39.5 Å². The third-order valence-electron chi connectivity index (χ3n) is 2.48. The highest BCUT2D eigenvalue weighted by atomic mass is 35.5. The van der Waals surface area contributed by atoms with Gasteiger partial charge in [-0.25, -0.2) is 4.98 Å². The SMILES string of the molecule is CCCOc1ccc(Nc2nc(Cl)c(Cl)cc2Cl)cc1. The predicted molar refractivity (Wildman–Crippen MR) is 84.8 cm³/mol. The van der Waals surface area contributed by atoms with Crippen LogP contribution < -0.4 is 10.1 Å². The van der Waals surface area contributed by atoms with Crippen LogP contribution in [0, 0.1) is 0 Å². The van der Waals surface area contributed by atoms with Crippen LogP contribution >= 0.6 is 34.8 Å². The summed E-state index contributed by atoms with van der Waals surface area (Å²) in [4.78, 5) is 4.10. The van der Waals surface area contributed by atoms with Crippen LogP contribution in [0.1, 0.15) is 13.3 Å². The first-order valence-electron chi connectivity index (χ1n) is 6.11. The molecule has 2 aromatic rings. The van der Waals surface area contributed by atoms with Crippen molar-refractivity contribution in [3.63, 3.8) is 0 Å². The Morgan fingerprint density at radius 2 is 1.80 bits per heavy atom. The smallest absolute Gasteiger partial charge is 0.151 e. The molecule has 1 N–H and O–H groups in total. The van der Waals surface area contributed by atoms with Crippen LogP contribution in [0.4, 0.5) is 11.5 Å². The Labute approximate surface area is 132 Å². The molecule has 0 bridgehead atoms. The van der Waals surface area contributed by atoms with Gasteiger partial charge in [0, 0.05) is 5.69 Å². The lowest BCUT2D eigenvalue weighted by Gasteiger charge is -2.10. The van der Waals surface area contributed by atoms with E-state index < -0.39 is 0 Å². The summed E-state index contributed by atoms with van der Waals surface area (Å²) in [6.07, 6.45) is 0.975. The van der Waals surface area contributed by atoms with Crippen LogP contribution in [0.25, 0.3) is 0 Å². The van der Waals surface area contributed by atoms with E-state index in [1.165, 1.54) is 0 Å². The van der Waals surface area contributed by atoms with Gasteiger partial charge in [-0.15, -0.1) is 0 Å². The van der Waals surface area contributed by atoms with Gasteiger partial charge in [0.05, 0.1) is 16.7 Å². The summed E-state index contributed by atoms with van der Waals surface area (Å²) in [6.45, 7) is 2.76. The highest BCUT2D eigenvalue weighted by molar-refractivity contribution is 6.43. The topological polar surface area (TPSA) is 34.1 Å². The van der Waals surface area contributed by atoms with E-state index in [0.29, 0.717) is 22.5 Å². The van der Waals surface area contributed by atoms with Gasteiger partial charge in [-0.1, -0.05) is 41.7 Å². The van der Waals surface area contributed by atoms with E-state index >= 15 is 0 Å². The zero-order chi connectivity index (χ0) is 14.5. The first-order chi connectivity index (χ1) is 9.60. The number of ether oxygens (including phenoxy) is 1. The Bertz CT molecular complexity index is 588. The highest BCUT2D eigenvalue weighted by Crippen LogP contribution is 2.31. The standard InChI is InChI=1S/C14H13Cl3N2O/c1-2-7-20-10-5-3-9(4-6-10)18-14-12(16)8-11(15)13(17)19-14/h3-6,8H,2,7H2,1H3,(H,18,19). The third-order valence-corrected chi connectivity index (χ3v) is 3.44. The van der Waals surface area contributed by atoms with Gasteiger partial charge >= 0.3 is 0 Å². The summed E-state index contributed by atoms with van der Waals surface area (Å²) in [5.74, 6) is 1.29. The molecule has 0 aliphatic carbocycles. The average molecular weight is 332 g/mol. The summed E-state index contributed by atoms with van der Waals surface area (Å²) in [7, 11) is 0. The van der Waals surface area contributed by atoms with Crippen molar-refractivity contribution in [1.29, 1.82) is 0 Å². The molecule has 1 aromatic heterocycles. The maximum Gasteiger partial charge on any atom is 0.151 e. The maximum absolute atomic E-state index is 6.06. The zero-order valence-corrected chi connectivity index (χ0v) is 13.1. The summed E-state index contributed by atoms with van der Waals surface area (Å²) in [6, 6.07) is 9.07. The Hall–Kier alpha value is -1.16. The number of aromatic nitrogens is 1. The second-order valence-corrected chi connectivity index (χ2v) is 5.26. The Balaban J connectivity index is 2.12. The van der Waals surface area contributed by atoms with Crippen molar-refractivity contribution < 1.29 is 4.74 Å². The molecule has 3 nitrogen and oxygen atoms in total. The van der Waals surface area contributed by atoms with Crippen LogP contribution in [0.5, 0.6) is 5.75 Å². The molecule has 6 heteroatoms. The summed E-state index contributed by atoms with van der Waals surface area (Å²) >= 11 is 17.8. The van der Waals surface area contributed by atoms with E-state index in [0.717, 1.165) is 17.9 Å². The first kappa shape index (κ1) is 15.2. The van der Waals surface area contributed by atoms with Crippen molar-refractivity contribution >= 4 is 46.3 Å². The van der Waals surface area contributed by atoms with E-state index in [1.807, 2.05) is 24.3 Å². The van der Waals surface area contributed by atoms with Gasteiger partial charge in [-0.2, -0.15) is 0 Å². The summed E-state index contributed by atoms with van der Waals surface area (Å²) in [5.41, 5.74) is 0.835. The quantitative estimate of drug-likeness (QED) is 0.727. The molecule has 1 heterocycles. The van der Waals surface area contributed by atoms with E-state index in [9.17, 15) is 0 Å². The lowest BCUT2D eigenvalue weighted by Crippen LogP contribution is -1.97. The molecule has 0 fully saturated rings. The molecule has 0 unspecified atom stereocenters. The molecule has 0 saturated carbocycles. The minimum absolute atomic E-state index is 0.210. The summed E-state index contributed by atoms with van der Waals surface area (Å²) in [5, 5.41) is 4.02. The fraction of sp³-hybridized carbons (Fsp3) is 0.214. The van der Waals surface area contributed by atoms with Gasteiger partial charge in [-0.3, -0.25) is 0 Å². The fourth-order valence-electron chi connectivity index (χ4n) is 1.52. The molecule has 0 saturated heterocycles. The largest absolute Gasteiger partial charge is 0.494 e. The number of benzene rings is 1. The van der Waals surface area contributed by atoms with Gasteiger partial charge in [0.1, 0.15) is 10.9 Å². The number of anilines is 2. The number of nitrogens with zero attached hydrogens (tertiary/aromatic N) is 1. The molecular weight excluding hydrogens is 319 g/mol. The second kappa shape index (κ2) is 7.02. The molecule has 0 aliphatic rings. The second-order valence-electron chi connectivity index (χ2n) is 4.09. The Kier molecular flexibility index (Phi) is 5.35. The van der Waals surface area contributed by atoms with Crippen LogP contribution in [0.15, 0.2) is 30.3 Å². The van der Waals surface area contributed by atoms with E-state index in [2.05, 4.69) is 17.2 Å². The van der Waals surface area contributed by atoms with Gasteiger partial charge < -0.3 is 10.1 Å². The van der Waals surface area contributed by atoms with Crippen molar-refractivity contribution in [2.75, 3.05) is 11.9 Å². The molecule has 0 radical (unpaired) electrons. The van der Waals surface area contributed by atoms with Gasteiger partial charge in [0.25, 0.3) is 0 Å². The molecule has 1 aromatic carbocycles. The van der Waals surface area contributed by atoms with E-state index in [-0.39, 0.29) is 5.15 Å². The Morgan fingerprint density at radius 3 is 2.45 bits per heavy atom. The zero-order valence-electron chi connectivity index (χ0n) is 10.8. The Morgan fingerprint density at radius 1 is 1.10 bits per heavy atom. The number of halogens is 3. The number of hydrogen-bond donors (Lipinski definition) is 1. The van der Waals surface area contributed by atoms with Crippen LogP contribution in [0.2, 0.25) is 15.2 Å². The van der Waals surface area contributed by atoms with Crippen molar-refractivity contribution in [2.45, 2.75) is 13.3 Å². The minimum atomic E-state index is 0.210. The van der Waals surface area contributed by atoms with Crippen LogP contribution in [-0.2, 0) is 0 Å². The number of rotatable bonds is 5. The predicted octanol–water partition coefficient (Wildman–Crippen LogP) is 5.57. The van der Waals surface area contributed by atoms with Crippen molar-refractivity contribution in [3.05, 3.63) is 45.5 Å². The molecule has 0 atom stereocenters. The molecule has 0 amide bonds. The molecule has 20 heavy (non-hydrogen) atoms. The first-order valence-corrected chi connectivity index (χ1v) is 7.25. The molecule has 0 aliphatic heterocycles. The van der Waals surface area contributed by atoms with Crippen molar-refractivity contribution in [1.82, 2.24) is 4.98 Å². The van der Waals surface area contributed by atoms with E-state index in [1.54, 1.807) is 6.07 Å². The van der Waals surface area contributed by atoms with Crippen LogP contribution in [-0.4, -0.2) is 11.6 Å². The third kappa shape index (κ3) is 3.92. The average Bonchev–Trinajstić information content (AvgIpc) is 2.44. The molecule has 106 valence electrons. The fourth-order valence-corrected chi connectivity index (χ4v) is 2.07. The normalized spacial score (nSPS) is 10.4. The maximum atomic E-state index is 6.06. The van der Waals surface area contributed by atoms with Crippen LogP contribution in [0.3, 0.4) is 0 Å². The van der Waals surface area contributed by atoms with Crippen molar-refractivity contribution in [2.24, 2.45) is 0 Å². The lowest BCUT2D eigenvalue weighted by atomic mass is 10.3. The molecular formula is C14H13Cl3N2O. The monoisotopic (exact) mass is 330 g/mol. The van der Waals surface area contributed by atoms with Gasteiger partial charge in [0.15, 0.2) is 5.82 Å². The molecule has 0 spiro atoms. The minimum Gasteiger partial charge on any atom is -0.494 e. The highest BCUT2D eigenvalue weighted by Gasteiger charge is 2.08. The number of nitrogens with one attached hydrogen (secondary N) is 1.